The Bertz CT molecular complexity index is 3830. The summed E-state index contributed by atoms with van der Waals surface area (Å²) in [6.07, 6.45) is 30.7. The first-order valence-corrected chi connectivity index (χ1v) is 33.4. The summed E-state index contributed by atoms with van der Waals surface area (Å²) in [4.78, 5) is 0. The Kier molecular flexibility index (Phi) is 19.5. The van der Waals surface area contributed by atoms with E-state index in [1.54, 1.807) is 11.1 Å². The third-order valence-corrected chi connectivity index (χ3v) is 21.8. The van der Waals surface area contributed by atoms with Gasteiger partial charge in [0, 0.05) is 53.0 Å². The highest BCUT2D eigenvalue weighted by Gasteiger charge is 2.45. The number of nitrogens with zero attached hydrogens (tertiary/aromatic N) is 3. The van der Waals surface area contributed by atoms with Gasteiger partial charge in [-0.2, -0.15) is 0 Å². The van der Waals surface area contributed by atoms with Crippen LogP contribution in [0.4, 0.5) is 0 Å². The smallest absolute Gasteiger partial charge is 0.200 e. The third kappa shape index (κ3) is 13.5. The average Bonchev–Trinajstić information content (AvgIpc) is 0.922. The molecule has 7 aliphatic rings. The summed E-state index contributed by atoms with van der Waals surface area (Å²) in [5.74, 6) is 6.13. The Morgan fingerprint density at radius 1 is 0.330 bits per heavy atom. The third-order valence-electron chi connectivity index (χ3n) is 21.8. The van der Waals surface area contributed by atoms with E-state index in [2.05, 4.69) is 256 Å². The Balaban J connectivity index is 0.000000137. The molecule has 6 aromatic carbocycles. The number of aryl methyl sites for hydroxylation is 6. The molecule has 0 amide bonds. The van der Waals surface area contributed by atoms with E-state index < -0.39 is 0 Å². The number of fused-ring (bicyclic) bond motifs is 11. The molecule has 88 heavy (non-hydrogen) atoms. The molecular formula is C85H102N3+3. The fraction of sp³-hybridized carbons (Fsp3) is 0.400. The zero-order chi connectivity index (χ0) is 59.6. The van der Waals surface area contributed by atoms with E-state index in [0.717, 1.165) is 35.5 Å². The molecular weight excluding hydrogens is 1060 g/mol. The number of hydrogen-bond acceptors (Lipinski definition) is 0. The Morgan fingerprint density at radius 2 is 0.705 bits per heavy atom. The monoisotopic (exact) mass is 1170 g/mol. The molecule has 0 N–H and O–H groups in total. The zero-order valence-electron chi connectivity index (χ0n) is 53.5. The van der Waals surface area contributed by atoms with Crippen LogP contribution in [-0.2, 0) is 21.1 Å². The molecule has 3 heterocycles. The summed E-state index contributed by atoms with van der Waals surface area (Å²) in [6.45, 7) is 6.53. The van der Waals surface area contributed by atoms with Crippen LogP contribution in [0.5, 0.6) is 0 Å². The average molecular weight is 1170 g/mol. The molecule has 6 unspecified atom stereocenters. The standard InChI is InChI=1S/C31H38N.2C26H28N.2CH4/c1-23-8-3-6-13-30(23)31-19-18-28(22-32(31)2)26-14-16-27(17-15-26)29-20-24-9-4-5-10-25(21-29)12-7-11-24;2*1-18-7-3-4-12-24(18)25-14-13-23(17-27(25)2)19-8-5-9-20(15-19)26-21-10-6-11-22(26)16-21;;/h3,6,8,13-19,22,24-25,29H,4-5,7,9-12,20-21H2,1-2H3;2*3-5,7-9,12-15,17,21-22,26H,6,10-11,16H2,1-2H3;2*1H4/q3*+1;;/i;26D;;;. The molecule has 7 saturated carbocycles. The topological polar surface area (TPSA) is 11.6 Å². The summed E-state index contributed by atoms with van der Waals surface area (Å²) in [7, 11) is 6.44. The van der Waals surface area contributed by atoms with Gasteiger partial charge in [0.25, 0.3) is 0 Å². The van der Waals surface area contributed by atoms with Crippen molar-refractivity contribution in [1.29, 1.82) is 0 Å². The fourth-order valence-corrected chi connectivity index (χ4v) is 17.1. The van der Waals surface area contributed by atoms with Crippen LogP contribution in [0, 0.1) is 56.3 Å². The van der Waals surface area contributed by atoms with Crippen molar-refractivity contribution in [3.8, 4) is 67.2 Å². The number of aromatic nitrogens is 3. The number of benzene rings is 6. The van der Waals surface area contributed by atoms with Crippen molar-refractivity contribution < 1.29 is 15.1 Å². The summed E-state index contributed by atoms with van der Waals surface area (Å²) >= 11 is 0. The van der Waals surface area contributed by atoms with Crippen LogP contribution < -0.4 is 13.7 Å². The molecule has 16 rings (SSSR count). The van der Waals surface area contributed by atoms with Crippen molar-refractivity contribution in [2.45, 2.75) is 163 Å². The molecule has 6 bridgehead atoms. The van der Waals surface area contributed by atoms with Crippen molar-refractivity contribution in [2.24, 2.45) is 56.7 Å². The highest BCUT2D eigenvalue weighted by Crippen LogP contribution is 2.57. The quantitative estimate of drug-likeness (QED) is 0.128. The minimum atomic E-state index is -0.350. The lowest BCUT2D eigenvalue weighted by molar-refractivity contribution is -0.660. The molecule has 0 aliphatic heterocycles. The molecule has 7 fully saturated rings. The second kappa shape index (κ2) is 28.1. The van der Waals surface area contributed by atoms with Crippen LogP contribution in [0.2, 0.25) is 0 Å². The van der Waals surface area contributed by atoms with E-state index in [0.29, 0.717) is 11.8 Å². The van der Waals surface area contributed by atoms with Crippen LogP contribution in [0.15, 0.2) is 201 Å². The van der Waals surface area contributed by atoms with Gasteiger partial charge < -0.3 is 0 Å². The second-order valence-corrected chi connectivity index (χ2v) is 27.4. The molecule has 3 heteroatoms. The second-order valence-electron chi connectivity index (χ2n) is 27.4. The number of rotatable bonds is 9. The Morgan fingerprint density at radius 3 is 1.14 bits per heavy atom. The molecule has 7 aliphatic carbocycles. The van der Waals surface area contributed by atoms with Crippen LogP contribution in [-0.4, -0.2) is 0 Å². The predicted octanol–water partition coefficient (Wildman–Crippen LogP) is 21.4. The maximum atomic E-state index is 9.18. The van der Waals surface area contributed by atoms with E-state index in [9.17, 15) is 1.37 Å². The Hall–Kier alpha value is -7.23. The van der Waals surface area contributed by atoms with Crippen LogP contribution in [0.1, 0.15) is 176 Å². The van der Waals surface area contributed by atoms with Crippen molar-refractivity contribution in [1.82, 2.24) is 0 Å². The molecule has 454 valence electrons. The van der Waals surface area contributed by atoms with Gasteiger partial charge in [0.15, 0.2) is 18.6 Å². The van der Waals surface area contributed by atoms with Crippen molar-refractivity contribution in [3.63, 3.8) is 0 Å². The van der Waals surface area contributed by atoms with Gasteiger partial charge in [0.05, 0.1) is 0 Å². The van der Waals surface area contributed by atoms with Gasteiger partial charge in [-0.3, -0.25) is 0 Å². The molecule has 6 atom stereocenters. The number of pyridine rings is 3. The highest BCUT2D eigenvalue weighted by molar-refractivity contribution is 5.69. The van der Waals surface area contributed by atoms with E-state index >= 15 is 0 Å². The summed E-state index contributed by atoms with van der Waals surface area (Å²) in [6, 6.07) is 67.0. The van der Waals surface area contributed by atoms with Gasteiger partial charge in [-0.15, -0.1) is 0 Å². The van der Waals surface area contributed by atoms with Gasteiger partial charge in [-0.05, 0) is 212 Å². The summed E-state index contributed by atoms with van der Waals surface area (Å²) < 4.78 is 15.9. The highest BCUT2D eigenvalue weighted by atomic mass is 14.9. The lowest BCUT2D eigenvalue weighted by Gasteiger charge is -2.50. The molecule has 0 spiro atoms. The van der Waals surface area contributed by atoms with E-state index in [4.69, 9.17) is 0 Å². The predicted molar refractivity (Wildman–Crippen MR) is 371 cm³/mol. The molecule has 3 nitrogen and oxygen atoms in total. The Labute approximate surface area is 532 Å². The lowest BCUT2D eigenvalue weighted by atomic mass is 9.55. The van der Waals surface area contributed by atoms with Gasteiger partial charge in [0.1, 0.15) is 21.1 Å². The summed E-state index contributed by atoms with van der Waals surface area (Å²) in [5, 5.41) is 0. The van der Waals surface area contributed by atoms with E-state index in [1.807, 2.05) is 0 Å². The van der Waals surface area contributed by atoms with Gasteiger partial charge in [-0.25, -0.2) is 13.7 Å². The largest absolute Gasteiger partial charge is 0.212 e. The van der Waals surface area contributed by atoms with Gasteiger partial charge in [0.2, 0.25) is 17.1 Å². The molecule has 3 aromatic heterocycles. The van der Waals surface area contributed by atoms with Crippen LogP contribution in [0.3, 0.4) is 0 Å². The van der Waals surface area contributed by atoms with Crippen LogP contribution >= 0.6 is 0 Å². The maximum Gasteiger partial charge on any atom is 0.212 e. The van der Waals surface area contributed by atoms with E-state index in [1.165, 1.54) is 199 Å². The summed E-state index contributed by atoms with van der Waals surface area (Å²) in [5.41, 5.74) is 23.7. The lowest BCUT2D eigenvalue weighted by Crippen LogP contribution is -2.38. The number of hydrogen-bond donors (Lipinski definition) is 0. The van der Waals surface area contributed by atoms with Crippen molar-refractivity contribution in [3.05, 3.63) is 234 Å². The minimum absolute atomic E-state index is 0. The first-order valence-electron chi connectivity index (χ1n) is 33.9. The van der Waals surface area contributed by atoms with E-state index in [-0.39, 0.29) is 20.7 Å². The van der Waals surface area contributed by atoms with Crippen molar-refractivity contribution in [2.75, 3.05) is 0 Å². The molecule has 0 radical (unpaired) electrons. The maximum absolute atomic E-state index is 9.18. The zero-order valence-corrected chi connectivity index (χ0v) is 52.5. The fourth-order valence-electron chi connectivity index (χ4n) is 17.1. The van der Waals surface area contributed by atoms with Crippen molar-refractivity contribution >= 4 is 0 Å². The first-order chi connectivity index (χ1) is 42.4. The normalized spacial score (nSPS) is 24.2. The van der Waals surface area contributed by atoms with Gasteiger partial charge >= 0.3 is 0 Å². The van der Waals surface area contributed by atoms with Crippen LogP contribution in [0.25, 0.3) is 67.2 Å². The SMILES string of the molecule is C.C.Cc1ccccc1-c1ccc(-c2ccc(C3CC4CCCCC(CCC4)C3)cc2)c[n+]1C.Cc1ccccc1-c1ccc(-c2cccc(C3C4CCCC3C4)c2)c[n+]1C.[2H]C1(c2cccc(-c3ccc(-c4ccccc4C)[n+](C)c3)c2)C2CCCC1C2. The van der Waals surface area contributed by atoms with Gasteiger partial charge in [-0.1, -0.05) is 200 Å². The first kappa shape index (κ1) is 61.0. The molecule has 0 saturated heterocycles. The molecule has 9 aromatic rings. The minimum Gasteiger partial charge on any atom is -0.200 e.